The Morgan fingerprint density at radius 3 is 2.19 bits per heavy atom. The fraction of sp³-hybridized carbons (Fsp3) is 0.533. The maximum atomic E-state index is 12.2. The minimum absolute atomic E-state index is 0.0425. The Labute approximate surface area is 127 Å². The summed E-state index contributed by atoms with van der Waals surface area (Å²) in [5.74, 6) is -0.0425. The van der Waals surface area contributed by atoms with E-state index in [1.54, 1.807) is 36.1 Å². The molecule has 0 aliphatic rings. The van der Waals surface area contributed by atoms with E-state index in [-0.39, 0.29) is 17.2 Å². The van der Waals surface area contributed by atoms with Crippen molar-refractivity contribution in [2.75, 3.05) is 13.1 Å². The summed E-state index contributed by atoms with van der Waals surface area (Å²) in [5.41, 5.74) is 0.999. The highest BCUT2D eigenvalue weighted by Crippen LogP contribution is 2.11. The average molecular weight is 312 g/mol. The summed E-state index contributed by atoms with van der Waals surface area (Å²) in [7, 11) is -3.58. The SMILES string of the molecule is CCN(CC)C(=O)CC(C)NS(=O)(=O)c1ccc(C)cc1. The van der Waals surface area contributed by atoms with Crippen molar-refractivity contribution in [3.63, 3.8) is 0 Å². The van der Waals surface area contributed by atoms with E-state index in [9.17, 15) is 13.2 Å². The first-order valence-electron chi connectivity index (χ1n) is 7.17. The number of sulfonamides is 1. The van der Waals surface area contributed by atoms with Crippen LogP contribution in [-0.2, 0) is 14.8 Å². The molecule has 21 heavy (non-hydrogen) atoms. The predicted octanol–water partition coefficient (Wildman–Crippen LogP) is 1.92. The standard InChI is InChI=1S/C15H24N2O3S/c1-5-17(6-2)15(18)11-13(4)16-21(19,20)14-9-7-12(3)8-10-14/h7-10,13,16H,5-6,11H2,1-4H3. The Morgan fingerprint density at radius 2 is 1.71 bits per heavy atom. The van der Waals surface area contributed by atoms with Gasteiger partial charge < -0.3 is 4.90 Å². The number of hydrogen-bond donors (Lipinski definition) is 1. The molecule has 0 saturated heterocycles. The van der Waals surface area contributed by atoms with Gasteiger partial charge in [-0.3, -0.25) is 4.79 Å². The number of aryl methyl sites for hydroxylation is 1. The third-order valence-corrected chi connectivity index (χ3v) is 4.89. The van der Waals surface area contributed by atoms with Crippen LogP contribution in [0.2, 0.25) is 0 Å². The van der Waals surface area contributed by atoms with Crippen LogP contribution in [0.3, 0.4) is 0 Å². The van der Waals surface area contributed by atoms with E-state index in [0.717, 1.165) is 5.56 Å². The van der Waals surface area contributed by atoms with Gasteiger partial charge in [-0.15, -0.1) is 0 Å². The first-order chi connectivity index (χ1) is 9.80. The number of nitrogens with zero attached hydrogens (tertiary/aromatic N) is 1. The second-order valence-corrected chi connectivity index (χ2v) is 6.82. The molecule has 1 N–H and O–H groups in total. The molecule has 0 heterocycles. The molecule has 0 saturated carbocycles. The molecular formula is C15H24N2O3S. The van der Waals surface area contributed by atoms with Gasteiger partial charge in [-0.2, -0.15) is 0 Å². The molecule has 1 aromatic carbocycles. The molecule has 0 spiro atoms. The van der Waals surface area contributed by atoms with Crippen molar-refractivity contribution < 1.29 is 13.2 Å². The first-order valence-corrected chi connectivity index (χ1v) is 8.65. The molecule has 0 aromatic heterocycles. The Morgan fingerprint density at radius 1 is 1.19 bits per heavy atom. The third-order valence-electron chi connectivity index (χ3n) is 3.28. The molecule has 5 nitrogen and oxygen atoms in total. The Kier molecular flexibility index (Phi) is 6.36. The summed E-state index contributed by atoms with van der Waals surface area (Å²) in [6.07, 6.45) is 0.159. The summed E-state index contributed by atoms with van der Waals surface area (Å²) in [6.45, 7) is 8.67. The number of rotatable bonds is 7. The lowest BCUT2D eigenvalue weighted by Crippen LogP contribution is -2.39. The molecule has 0 radical (unpaired) electrons. The molecule has 6 heteroatoms. The smallest absolute Gasteiger partial charge is 0.240 e. The van der Waals surface area contributed by atoms with Crippen molar-refractivity contribution in [1.82, 2.24) is 9.62 Å². The second kappa shape index (κ2) is 7.56. The number of carbonyl (C=O) groups is 1. The fourth-order valence-electron chi connectivity index (χ4n) is 2.06. The van der Waals surface area contributed by atoms with E-state index in [4.69, 9.17) is 0 Å². The summed E-state index contributed by atoms with van der Waals surface area (Å²) < 4.78 is 27.0. The largest absolute Gasteiger partial charge is 0.343 e. The van der Waals surface area contributed by atoms with Crippen molar-refractivity contribution in [2.45, 2.75) is 45.1 Å². The molecule has 1 rings (SSSR count). The van der Waals surface area contributed by atoms with Crippen LogP contribution in [0.15, 0.2) is 29.2 Å². The van der Waals surface area contributed by atoms with Crippen molar-refractivity contribution in [1.29, 1.82) is 0 Å². The van der Waals surface area contributed by atoms with Crippen LogP contribution in [-0.4, -0.2) is 38.4 Å². The van der Waals surface area contributed by atoms with E-state index < -0.39 is 16.1 Å². The van der Waals surface area contributed by atoms with E-state index >= 15 is 0 Å². The van der Waals surface area contributed by atoms with Crippen LogP contribution in [0.1, 0.15) is 32.8 Å². The summed E-state index contributed by atoms with van der Waals surface area (Å²) in [5, 5.41) is 0. The van der Waals surface area contributed by atoms with Gasteiger partial charge in [-0.05, 0) is 39.8 Å². The van der Waals surface area contributed by atoms with Crippen molar-refractivity contribution in [2.24, 2.45) is 0 Å². The number of amides is 1. The van der Waals surface area contributed by atoms with Crippen LogP contribution in [0, 0.1) is 6.92 Å². The quantitative estimate of drug-likeness (QED) is 0.836. The Bertz CT molecular complexity index is 563. The molecule has 1 aromatic rings. The average Bonchev–Trinajstić information content (AvgIpc) is 2.39. The number of hydrogen-bond acceptors (Lipinski definition) is 3. The van der Waals surface area contributed by atoms with Gasteiger partial charge in [0.05, 0.1) is 4.90 Å². The van der Waals surface area contributed by atoms with Gasteiger partial charge >= 0.3 is 0 Å². The van der Waals surface area contributed by atoms with E-state index in [1.165, 1.54) is 0 Å². The number of carbonyl (C=O) groups excluding carboxylic acids is 1. The fourth-order valence-corrected chi connectivity index (χ4v) is 3.30. The lowest BCUT2D eigenvalue weighted by molar-refractivity contribution is -0.131. The number of benzene rings is 1. The van der Waals surface area contributed by atoms with Crippen molar-refractivity contribution >= 4 is 15.9 Å². The molecule has 0 aliphatic heterocycles. The van der Waals surface area contributed by atoms with Crippen LogP contribution >= 0.6 is 0 Å². The highest BCUT2D eigenvalue weighted by molar-refractivity contribution is 7.89. The zero-order valence-electron chi connectivity index (χ0n) is 13.1. The van der Waals surface area contributed by atoms with Crippen LogP contribution in [0.4, 0.5) is 0 Å². The first kappa shape index (κ1) is 17.7. The maximum absolute atomic E-state index is 12.2. The Hall–Kier alpha value is -1.40. The second-order valence-electron chi connectivity index (χ2n) is 5.11. The maximum Gasteiger partial charge on any atom is 0.240 e. The van der Waals surface area contributed by atoms with Gasteiger partial charge in [0, 0.05) is 25.6 Å². The molecule has 0 bridgehead atoms. The highest BCUT2D eigenvalue weighted by atomic mass is 32.2. The van der Waals surface area contributed by atoms with Gasteiger partial charge in [0.15, 0.2) is 0 Å². The zero-order valence-corrected chi connectivity index (χ0v) is 13.9. The molecule has 0 fully saturated rings. The lowest BCUT2D eigenvalue weighted by Gasteiger charge is -2.21. The Balaban J connectivity index is 2.71. The van der Waals surface area contributed by atoms with Gasteiger partial charge in [0.1, 0.15) is 0 Å². The van der Waals surface area contributed by atoms with Crippen LogP contribution < -0.4 is 4.72 Å². The van der Waals surface area contributed by atoms with E-state index in [0.29, 0.717) is 13.1 Å². The highest BCUT2D eigenvalue weighted by Gasteiger charge is 2.20. The normalized spacial score (nSPS) is 13.0. The minimum atomic E-state index is -3.58. The number of nitrogens with one attached hydrogen (secondary N) is 1. The van der Waals surface area contributed by atoms with Gasteiger partial charge in [-0.1, -0.05) is 17.7 Å². The van der Waals surface area contributed by atoms with Crippen LogP contribution in [0.25, 0.3) is 0 Å². The summed E-state index contributed by atoms with van der Waals surface area (Å²) in [4.78, 5) is 13.9. The molecule has 1 unspecified atom stereocenters. The van der Waals surface area contributed by atoms with Crippen molar-refractivity contribution in [3.8, 4) is 0 Å². The lowest BCUT2D eigenvalue weighted by atomic mass is 10.2. The monoisotopic (exact) mass is 312 g/mol. The van der Waals surface area contributed by atoms with E-state index in [2.05, 4.69) is 4.72 Å². The molecule has 1 atom stereocenters. The zero-order chi connectivity index (χ0) is 16.0. The minimum Gasteiger partial charge on any atom is -0.343 e. The van der Waals surface area contributed by atoms with Crippen molar-refractivity contribution in [3.05, 3.63) is 29.8 Å². The summed E-state index contributed by atoms with van der Waals surface area (Å²) in [6, 6.07) is 6.19. The predicted molar refractivity (Wildman–Crippen MR) is 83.5 cm³/mol. The summed E-state index contributed by atoms with van der Waals surface area (Å²) >= 11 is 0. The molecule has 118 valence electrons. The van der Waals surface area contributed by atoms with Crippen LogP contribution in [0.5, 0.6) is 0 Å². The van der Waals surface area contributed by atoms with Gasteiger partial charge in [0.25, 0.3) is 0 Å². The molecule has 1 amide bonds. The topological polar surface area (TPSA) is 66.5 Å². The molecular weight excluding hydrogens is 288 g/mol. The van der Waals surface area contributed by atoms with Gasteiger partial charge in [0.2, 0.25) is 15.9 Å². The molecule has 0 aliphatic carbocycles. The third kappa shape index (κ3) is 5.13. The van der Waals surface area contributed by atoms with E-state index in [1.807, 2.05) is 20.8 Å². The van der Waals surface area contributed by atoms with Gasteiger partial charge in [-0.25, -0.2) is 13.1 Å².